The number of urea groups is 1. The molecule has 0 spiro atoms. The van der Waals surface area contributed by atoms with E-state index in [0.29, 0.717) is 10.7 Å². The Kier molecular flexibility index (Phi) is 3.85. The first kappa shape index (κ1) is 12.5. The van der Waals surface area contributed by atoms with Gasteiger partial charge in [0.25, 0.3) is 0 Å². The van der Waals surface area contributed by atoms with Crippen molar-refractivity contribution in [2.75, 3.05) is 10.6 Å². The minimum absolute atomic E-state index is 0.371. The smallest absolute Gasteiger partial charge is 0.324 e. The van der Waals surface area contributed by atoms with Crippen molar-refractivity contribution in [1.29, 1.82) is 0 Å². The van der Waals surface area contributed by atoms with E-state index in [1.54, 1.807) is 31.2 Å². The van der Waals surface area contributed by atoms with Gasteiger partial charge in [-0.1, -0.05) is 16.6 Å². The zero-order valence-electron chi connectivity index (χ0n) is 9.62. The maximum Gasteiger partial charge on any atom is 0.324 e. The molecule has 2 amide bonds. The number of benzene rings is 1. The average Bonchev–Trinajstić information content (AvgIpc) is 2.82. The van der Waals surface area contributed by atoms with Crippen molar-refractivity contribution >= 4 is 28.3 Å². The fraction of sp³-hybridized carbons (Fsp3) is 0.182. The van der Waals surface area contributed by atoms with Gasteiger partial charge in [-0.15, -0.1) is 5.10 Å². The first-order chi connectivity index (χ1) is 8.65. The number of nitrogens with one attached hydrogen (secondary N) is 2. The zero-order chi connectivity index (χ0) is 13.0. The van der Waals surface area contributed by atoms with Crippen LogP contribution in [0.5, 0.6) is 0 Å². The van der Waals surface area contributed by atoms with Gasteiger partial charge < -0.3 is 10.4 Å². The molecule has 1 atom stereocenters. The SMILES string of the molecule is CC(O)c1cccc(NC(=O)Nc2cnns2)c1. The summed E-state index contributed by atoms with van der Waals surface area (Å²) >= 11 is 1.10. The number of carbonyl (C=O) groups is 1. The van der Waals surface area contributed by atoms with Gasteiger partial charge in [-0.05, 0) is 24.6 Å². The zero-order valence-corrected chi connectivity index (χ0v) is 10.4. The minimum atomic E-state index is -0.569. The highest BCUT2D eigenvalue weighted by Crippen LogP contribution is 2.17. The molecular weight excluding hydrogens is 252 g/mol. The van der Waals surface area contributed by atoms with Crippen molar-refractivity contribution in [3.8, 4) is 0 Å². The Morgan fingerprint density at radius 2 is 2.28 bits per heavy atom. The molecule has 0 saturated heterocycles. The summed E-state index contributed by atoms with van der Waals surface area (Å²) in [6, 6.07) is 6.65. The second kappa shape index (κ2) is 5.56. The lowest BCUT2D eigenvalue weighted by atomic mass is 10.1. The summed E-state index contributed by atoms with van der Waals surface area (Å²) < 4.78 is 3.64. The van der Waals surface area contributed by atoms with Gasteiger partial charge in [-0.2, -0.15) is 0 Å². The van der Waals surface area contributed by atoms with Crippen LogP contribution in [0.2, 0.25) is 0 Å². The Morgan fingerprint density at radius 1 is 1.44 bits per heavy atom. The highest BCUT2D eigenvalue weighted by atomic mass is 32.1. The van der Waals surface area contributed by atoms with E-state index >= 15 is 0 Å². The summed E-state index contributed by atoms with van der Waals surface area (Å²) in [5.74, 6) is 0. The number of hydrogen-bond donors (Lipinski definition) is 3. The molecule has 1 aromatic heterocycles. The van der Waals surface area contributed by atoms with Crippen LogP contribution in [0.25, 0.3) is 0 Å². The van der Waals surface area contributed by atoms with Gasteiger partial charge in [0.1, 0.15) is 5.00 Å². The highest BCUT2D eigenvalue weighted by Gasteiger charge is 2.06. The van der Waals surface area contributed by atoms with Crippen LogP contribution in [-0.2, 0) is 0 Å². The van der Waals surface area contributed by atoms with Crippen LogP contribution >= 0.6 is 11.5 Å². The molecule has 0 aliphatic carbocycles. The molecule has 2 aromatic rings. The van der Waals surface area contributed by atoms with E-state index in [2.05, 4.69) is 20.2 Å². The first-order valence-corrected chi connectivity index (χ1v) is 6.06. The molecule has 18 heavy (non-hydrogen) atoms. The first-order valence-electron chi connectivity index (χ1n) is 5.28. The third kappa shape index (κ3) is 3.25. The average molecular weight is 264 g/mol. The fourth-order valence-corrected chi connectivity index (χ4v) is 1.79. The monoisotopic (exact) mass is 264 g/mol. The summed E-state index contributed by atoms with van der Waals surface area (Å²) in [6.45, 7) is 1.67. The lowest BCUT2D eigenvalue weighted by Gasteiger charge is -2.09. The van der Waals surface area contributed by atoms with E-state index in [4.69, 9.17) is 0 Å². The largest absolute Gasteiger partial charge is 0.389 e. The Bertz CT molecular complexity index is 528. The van der Waals surface area contributed by atoms with Crippen LogP contribution in [0, 0.1) is 0 Å². The fourth-order valence-electron chi connectivity index (χ4n) is 1.37. The number of aliphatic hydroxyl groups excluding tert-OH is 1. The van der Waals surface area contributed by atoms with E-state index < -0.39 is 6.10 Å². The molecule has 0 saturated carbocycles. The second-order valence-electron chi connectivity index (χ2n) is 3.66. The Morgan fingerprint density at radius 3 is 2.94 bits per heavy atom. The molecule has 94 valence electrons. The third-order valence-corrected chi connectivity index (χ3v) is 2.81. The number of carbonyl (C=O) groups excluding carboxylic acids is 1. The number of aromatic nitrogens is 2. The number of rotatable bonds is 3. The maximum atomic E-state index is 11.6. The van der Waals surface area contributed by atoms with E-state index in [9.17, 15) is 9.90 Å². The molecule has 1 unspecified atom stereocenters. The number of aliphatic hydroxyl groups is 1. The van der Waals surface area contributed by atoms with Gasteiger partial charge in [0.15, 0.2) is 0 Å². The number of amides is 2. The molecule has 3 N–H and O–H groups in total. The third-order valence-electron chi connectivity index (χ3n) is 2.22. The molecule has 1 aromatic carbocycles. The Balaban J connectivity index is 2.00. The summed E-state index contributed by atoms with van der Waals surface area (Å²) in [5.41, 5.74) is 1.36. The molecule has 0 fully saturated rings. The van der Waals surface area contributed by atoms with Gasteiger partial charge in [0.05, 0.1) is 12.3 Å². The summed E-state index contributed by atoms with van der Waals surface area (Å²) in [5, 5.41) is 18.9. The van der Waals surface area contributed by atoms with Crippen molar-refractivity contribution in [2.45, 2.75) is 13.0 Å². The quantitative estimate of drug-likeness (QED) is 0.793. The number of hydrogen-bond acceptors (Lipinski definition) is 5. The van der Waals surface area contributed by atoms with Crippen LogP contribution < -0.4 is 10.6 Å². The van der Waals surface area contributed by atoms with Gasteiger partial charge in [-0.3, -0.25) is 5.32 Å². The topological polar surface area (TPSA) is 87.1 Å². The van der Waals surface area contributed by atoms with Crippen molar-refractivity contribution in [2.24, 2.45) is 0 Å². The standard InChI is InChI=1S/C11H12N4O2S/c1-7(16)8-3-2-4-9(5-8)13-11(17)14-10-6-12-15-18-10/h2-7,16H,1H3,(H2,13,14,17). The lowest BCUT2D eigenvalue weighted by Crippen LogP contribution is -2.18. The van der Waals surface area contributed by atoms with E-state index in [0.717, 1.165) is 17.1 Å². The molecule has 0 aliphatic rings. The van der Waals surface area contributed by atoms with Gasteiger partial charge in [0, 0.05) is 17.2 Å². The predicted octanol–water partition coefficient (Wildman–Crippen LogP) is 2.24. The van der Waals surface area contributed by atoms with Gasteiger partial charge in [0.2, 0.25) is 0 Å². The number of nitrogens with zero attached hydrogens (tertiary/aromatic N) is 2. The van der Waals surface area contributed by atoms with Gasteiger partial charge in [-0.25, -0.2) is 4.79 Å². The van der Waals surface area contributed by atoms with E-state index in [1.165, 1.54) is 6.20 Å². The maximum absolute atomic E-state index is 11.6. The van der Waals surface area contributed by atoms with Crippen molar-refractivity contribution in [3.05, 3.63) is 36.0 Å². The molecule has 0 aliphatic heterocycles. The molecule has 2 rings (SSSR count). The minimum Gasteiger partial charge on any atom is -0.389 e. The van der Waals surface area contributed by atoms with Crippen molar-refractivity contribution < 1.29 is 9.90 Å². The number of anilines is 2. The van der Waals surface area contributed by atoms with Crippen molar-refractivity contribution in [1.82, 2.24) is 9.59 Å². The lowest BCUT2D eigenvalue weighted by molar-refractivity contribution is 0.199. The molecule has 7 heteroatoms. The van der Waals surface area contributed by atoms with Crippen LogP contribution in [0.15, 0.2) is 30.5 Å². The van der Waals surface area contributed by atoms with Gasteiger partial charge >= 0.3 is 6.03 Å². The molecule has 1 heterocycles. The molecule has 0 bridgehead atoms. The van der Waals surface area contributed by atoms with Crippen LogP contribution in [-0.4, -0.2) is 20.7 Å². The van der Waals surface area contributed by atoms with Crippen LogP contribution in [0.1, 0.15) is 18.6 Å². The summed E-state index contributed by atoms with van der Waals surface area (Å²) in [4.78, 5) is 11.6. The predicted molar refractivity (Wildman–Crippen MR) is 69.6 cm³/mol. The second-order valence-corrected chi connectivity index (χ2v) is 4.45. The molecular formula is C11H12N4O2S. The van der Waals surface area contributed by atoms with Crippen LogP contribution in [0.4, 0.5) is 15.5 Å². The van der Waals surface area contributed by atoms with Crippen LogP contribution in [0.3, 0.4) is 0 Å². The van der Waals surface area contributed by atoms with Crippen molar-refractivity contribution in [3.63, 3.8) is 0 Å². The van der Waals surface area contributed by atoms with E-state index in [1.807, 2.05) is 0 Å². The highest BCUT2D eigenvalue weighted by molar-refractivity contribution is 7.10. The Hall–Kier alpha value is -1.99. The summed E-state index contributed by atoms with van der Waals surface area (Å²) in [6.07, 6.45) is 0.900. The molecule has 0 radical (unpaired) electrons. The summed E-state index contributed by atoms with van der Waals surface area (Å²) in [7, 11) is 0. The Labute approximate surface area is 108 Å². The molecule has 6 nitrogen and oxygen atoms in total. The normalized spacial score (nSPS) is 11.9. The van der Waals surface area contributed by atoms with E-state index in [-0.39, 0.29) is 6.03 Å².